The maximum absolute atomic E-state index is 10.0. The zero-order valence-corrected chi connectivity index (χ0v) is 8.97. The molecule has 1 aromatic heterocycles. The van der Waals surface area contributed by atoms with Gasteiger partial charge in [0.2, 0.25) is 0 Å². The van der Waals surface area contributed by atoms with Crippen LogP contribution in [0.15, 0.2) is 24.3 Å². The van der Waals surface area contributed by atoms with Gasteiger partial charge >= 0.3 is 6.47 Å². The standard InChI is InChI=1S/C11H9O3S/c1-13-10-5-8-3-2-4-9(6-14-7-12)11(8)15-10/h2-5H,6H2,1H3. The van der Waals surface area contributed by atoms with Gasteiger partial charge in [0.25, 0.3) is 0 Å². The lowest BCUT2D eigenvalue weighted by atomic mass is 10.2. The molecule has 0 amide bonds. The highest BCUT2D eigenvalue weighted by molar-refractivity contribution is 7.21. The normalized spacial score (nSPS) is 10.2. The Hall–Kier alpha value is -1.55. The van der Waals surface area contributed by atoms with E-state index in [1.165, 1.54) is 6.47 Å². The third kappa shape index (κ3) is 1.94. The first kappa shape index (κ1) is 9.98. The summed E-state index contributed by atoms with van der Waals surface area (Å²) in [6.07, 6.45) is 0. The molecule has 0 saturated carbocycles. The lowest BCUT2D eigenvalue weighted by Gasteiger charge is -1.99. The van der Waals surface area contributed by atoms with Crippen LogP contribution in [0.25, 0.3) is 10.1 Å². The Balaban J connectivity index is 2.44. The van der Waals surface area contributed by atoms with Crippen LogP contribution in [0.2, 0.25) is 0 Å². The molecule has 77 valence electrons. The number of ether oxygens (including phenoxy) is 2. The van der Waals surface area contributed by atoms with Gasteiger partial charge < -0.3 is 9.47 Å². The molecule has 1 aromatic carbocycles. The molecular formula is C11H9O3S. The van der Waals surface area contributed by atoms with Gasteiger partial charge in [0, 0.05) is 10.3 Å². The van der Waals surface area contributed by atoms with Crippen molar-refractivity contribution in [3.8, 4) is 5.06 Å². The Bertz CT molecular complexity index is 476. The fourth-order valence-electron chi connectivity index (χ4n) is 1.42. The number of carbonyl (C=O) groups excluding carboxylic acids is 1. The van der Waals surface area contributed by atoms with E-state index in [2.05, 4.69) is 4.74 Å². The number of rotatable bonds is 4. The van der Waals surface area contributed by atoms with Gasteiger partial charge in [-0.15, -0.1) is 0 Å². The third-order valence-corrected chi connectivity index (χ3v) is 3.28. The summed E-state index contributed by atoms with van der Waals surface area (Å²) in [7, 11) is 1.64. The van der Waals surface area contributed by atoms with Crippen LogP contribution in [0.3, 0.4) is 0 Å². The van der Waals surface area contributed by atoms with Crippen molar-refractivity contribution in [1.29, 1.82) is 0 Å². The zero-order chi connectivity index (χ0) is 10.7. The van der Waals surface area contributed by atoms with E-state index in [1.54, 1.807) is 18.4 Å². The molecule has 0 aliphatic heterocycles. The lowest BCUT2D eigenvalue weighted by Crippen LogP contribution is -1.89. The monoisotopic (exact) mass is 221 g/mol. The molecule has 1 heterocycles. The summed E-state index contributed by atoms with van der Waals surface area (Å²) in [6, 6.07) is 7.82. The predicted molar refractivity (Wildman–Crippen MR) is 58.9 cm³/mol. The zero-order valence-electron chi connectivity index (χ0n) is 8.15. The summed E-state index contributed by atoms with van der Waals surface area (Å²) in [6.45, 7) is 1.68. The van der Waals surface area contributed by atoms with Crippen molar-refractivity contribution in [3.05, 3.63) is 29.8 Å². The van der Waals surface area contributed by atoms with E-state index in [4.69, 9.17) is 4.74 Å². The molecule has 0 saturated heterocycles. The van der Waals surface area contributed by atoms with E-state index in [-0.39, 0.29) is 6.61 Å². The molecule has 4 heteroatoms. The summed E-state index contributed by atoms with van der Waals surface area (Å²) in [5.41, 5.74) is 0.976. The number of methoxy groups -OCH3 is 1. The van der Waals surface area contributed by atoms with Gasteiger partial charge in [-0.2, -0.15) is 0 Å². The first-order chi connectivity index (χ1) is 7.35. The largest absolute Gasteiger partial charge is 0.487 e. The molecule has 2 rings (SSSR count). The third-order valence-electron chi connectivity index (χ3n) is 2.09. The minimum absolute atomic E-state index is 0.254. The Labute approximate surface area is 91.2 Å². The maximum atomic E-state index is 10.0. The molecule has 0 unspecified atom stereocenters. The van der Waals surface area contributed by atoms with Gasteiger partial charge in [-0.25, -0.2) is 4.79 Å². The molecule has 0 bridgehead atoms. The quantitative estimate of drug-likeness (QED) is 0.795. The fraction of sp³-hybridized carbons (Fsp3) is 0.182. The first-order valence-corrected chi connectivity index (χ1v) is 5.21. The summed E-state index contributed by atoms with van der Waals surface area (Å²) in [4.78, 5) is 10.0. The number of benzene rings is 1. The maximum Gasteiger partial charge on any atom is 0.417 e. The van der Waals surface area contributed by atoms with Crippen LogP contribution in [-0.4, -0.2) is 13.6 Å². The summed E-state index contributed by atoms with van der Waals surface area (Å²) < 4.78 is 10.9. The van der Waals surface area contributed by atoms with Crippen LogP contribution < -0.4 is 4.74 Å². The van der Waals surface area contributed by atoms with Crippen LogP contribution in [0.5, 0.6) is 5.06 Å². The summed E-state index contributed by atoms with van der Waals surface area (Å²) >= 11 is 1.54. The molecule has 0 aliphatic carbocycles. The minimum atomic E-state index is 0.254. The minimum Gasteiger partial charge on any atom is -0.487 e. The lowest BCUT2D eigenvalue weighted by molar-refractivity contribution is 0.268. The van der Waals surface area contributed by atoms with E-state index < -0.39 is 0 Å². The molecule has 15 heavy (non-hydrogen) atoms. The molecular weight excluding hydrogens is 212 g/mol. The summed E-state index contributed by atoms with van der Waals surface area (Å²) in [5, 5.41) is 1.95. The first-order valence-electron chi connectivity index (χ1n) is 4.39. The van der Waals surface area contributed by atoms with E-state index >= 15 is 0 Å². The second kappa shape index (κ2) is 4.31. The van der Waals surface area contributed by atoms with Gasteiger partial charge in [-0.05, 0) is 11.5 Å². The van der Waals surface area contributed by atoms with E-state index in [0.29, 0.717) is 0 Å². The molecule has 1 radical (unpaired) electrons. The SMILES string of the molecule is COc1cc2cccc(CO[C]=O)c2s1. The molecule has 0 atom stereocenters. The number of thiophene rings is 1. The van der Waals surface area contributed by atoms with Gasteiger partial charge in [-0.1, -0.05) is 29.5 Å². The van der Waals surface area contributed by atoms with Gasteiger partial charge in [0.05, 0.1) is 7.11 Å². The number of fused-ring (bicyclic) bond motifs is 1. The van der Waals surface area contributed by atoms with Crippen LogP contribution in [0.1, 0.15) is 5.56 Å². The molecule has 0 spiro atoms. The second-order valence-corrected chi connectivity index (χ2v) is 3.99. The molecule has 2 aromatic rings. The van der Waals surface area contributed by atoms with Crippen molar-refractivity contribution < 1.29 is 14.3 Å². The molecule has 0 fully saturated rings. The van der Waals surface area contributed by atoms with Crippen molar-refractivity contribution in [2.75, 3.05) is 7.11 Å². The van der Waals surface area contributed by atoms with Crippen molar-refractivity contribution in [1.82, 2.24) is 0 Å². The Morgan fingerprint density at radius 2 is 2.33 bits per heavy atom. The highest BCUT2D eigenvalue weighted by Crippen LogP contribution is 2.33. The fourth-order valence-corrected chi connectivity index (χ4v) is 2.39. The predicted octanol–water partition coefficient (Wildman–Crippen LogP) is 2.49. The number of hydrogen-bond donors (Lipinski definition) is 0. The van der Waals surface area contributed by atoms with Crippen molar-refractivity contribution in [3.63, 3.8) is 0 Å². The van der Waals surface area contributed by atoms with Gasteiger partial charge in [-0.3, -0.25) is 0 Å². The highest BCUT2D eigenvalue weighted by atomic mass is 32.1. The smallest absolute Gasteiger partial charge is 0.417 e. The van der Waals surface area contributed by atoms with Crippen LogP contribution in [0, 0.1) is 0 Å². The summed E-state index contributed by atoms with van der Waals surface area (Å²) in [5.74, 6) is 0. The average molecular weight is 221 g/mol. The van der Waals surface area contributed by atoms with E-state index in [9.17, 15) is 4.79 Å². The van der Waals surface area contributed by atoms with Gasteiger partial charge in [0.1, 0.15) is 6.61 Å². The Kier molecular flexibility index (Phi) is 2.87. The molecule has 0 aliphatic rings. The van der Waals surface area contributed by atoms with Gasteiger partial charge in [0.15, 0.2) is 5.06 Å². The van der Waals surface area contributed by atoms with E-state index in [1.807, 2.05) is 24.3 Å². The second-order valence-electron chi connectivity index (χ2n) is 2.98. The van der Waals surface area contributed by atoms with Crippen molar-refractivity contribution >= 4 is 27.9 Å². The Morgan fingerprint density at radius 3 is 3.07 bits per heavy atom. The van der Waals surface area contributed by atoms with Crippen LogP contribution >= 0.6 is 11.3 Å². The highest BCUT2D eigenvalue weighted by Gasteiger charge is 2.06. The van der Waals surface area contributed by atoms with Crippen molar-refractivity contribution in [2.45, 2.75) is 6.61 Å². The van der Waals surface area contributed by atoms with Crippen molar-refractivity contribution in [2.24, 2.45) is 0 Å². The molecule has 3 nitrogen and oxygen atoms in total. The topological polar surface area (TPSA) is 35.5 Å². The average Bonchev–Trinajstić information content (AvgIpc) is 2.69. The van der Waals surface area contributed by atoms with Crippen LogP contribution in [-0.2, 0) is 16.1 Å². The Morgan fingerprint density at radius 1 is 1.47 bits per heavy atom. The number of hydrogen-bond acceptors (Lipinski definition) is 4. The molecule has 0 N–H and O–H groups in total. The van der Waals surface area contributed by atoms with E-state index in [0.717, 1.165) is 20.7 Å². The van der Waals surface area contributed by atoms with Crippen LogP contribution in [0.4, 0.5) is 0 Å².